The van der Waals surface area contributed by atoms with Gasteiger partial charge in [-0.1, -0.05) is 48.5 Å². The maximum Gasteiger partial charge on any atom is 0.198 e. The number of benzene rings is 1. The van der Waals surface area contributed by atoms with Crippen LogP contribution in [0.25, 0.3) is 0 Å². The third kappa shape index (κ3) is 3.68. The SMILES string of the molecule is C[C@]12C=CC(=O)C=C1[C@@H](F)C[C@H]1C3C[C@H]4CN(Cc5cccc(Cl)c5)C[C@@]4(C(=O)SCCl)[C@@]3(C)C[C@H](O)[C@@]12F. The van der Waals surface area contributed by atoms with E-state index in [1.54, 1.807) is 6.92 Å². The van der Waals surface area contributed by atoms with Gasteiger partial charge < -0.3 is 5.11 Å². The molecular formula is C30H33Cl2F2NO3S. The second kappa shape index (κ2) is 9.38. The summed E-state index contributed by atoms with van der Waals surface area (Å²) < 4.78 is 33.3. The fourth-order valence-electron chi connectivity index (χ4n) is 9.40. The van der Waals surface area contributed by atoms with Gasteiger partial charge in [0.05, 0.1) is 16.7 Å². The van der Waals surface area contributed by atoms with Gasteiger partial charge in [0.15, 0.2) is 16.6 Å². The van der Waals surface area contributed by atoms with Crippen LogP contribution in [0.15, 0.2) is 48.1 Å². The number of hydrogen-bond acceptors (Lipinski definition) is 5. The molecule has 5 aliphatic rings. The lowest BCUT2D eigenvalue weighted by Crippen LogP contribution is -2.69. The largest absolute Gasteiger partial charge is 0.390 e. The number of carbonyl (C=O) groups excluding carboxylic acids is 2. The molecule has 0 aromatic heterocycles. The molecule has 9 heteroatoms. The number of aliphatic hydroxyl groups is 1. The summed E-state index contributed by atoms with van der Waals surface area (Å²) >= 11 is 13.4. The van der Waals surface area contributed by atoms with E-state index in [9.17, 15) is 14.7 Å². The molecule has 39 heavy (non-hydrogen) atoms. The number of ketones is 1. The molecule has 1 aliphatic heterocycles. The highest BCUT2D eigenvalue weighted by atomic mass is 35.5. The maximum atomic E-state index is 17.5. The van der Waals surface area contributed by atoms with Gasteiger partial charge in [-0.05, 0) is 78.9 Å². The summed E-state index contributed by atoms with van der Waals surface area (Å²) in [5.74, 6) is -1.53. The number of allylic oxidation sites excluding steroid dienone is 4. The Bertz CT molecular complexity index is 1290. The number of alkyl halides is 3. The first kappa shape index (κ1) is 27.9. The molecule has 6 rings (SSSR count). The molecule has 1 heterocycles. The zero-order valence-electron chi connectivity index (χ0n) is 22.0. The van der Waals surface area contributed by atoms with Crippen molar-refractivity contribution in [2.75, 3.05) is 18.3 Å². The number of rotatable bonds is 4. The Kier molecular flexibility index (Phi) is 6.71. The summed E-state index contributed by atoms with van der Waals surface area (Å²) in [7, 11) is 0. The van der Waals surface area contributed by atoms with Gasteiger partial charge in [0.1, 0.15) is 6.17 Å². The molecule has 1 aromatic carbocycles. The van der Waals surface area contributed by atoms with Gasteiger partial charge in [-0.25, -0.2) is 8.78 Å². The van der Waals surface area contributed by atoms with Crippen LogP contribution in [0.5, 0.6) is 0 Å². The summed E-state index contributed by atoms with van der Waals surface area (Å²) in [5, 5.41) is 12.4. The van der Waals surface area contributed by atoms with E-state index in [0.29, 0.717) is 31.1 Å². The van der Waals surface area contributed by atoms with Crippen molar-refractivity contribution in [2.45, 2.75) is 57.6 Å². The van der Waals surface area contributed by atoms with Crippen LogP contribution in [0.2, 0.25) is 5.02 Å². The van der Waals surface area contributed by atoms with Crippen molar-refractivity contribution >= 4 is 45.9 Å². The fraction of sp³-hybridized carbons (Fsp3) is 0.600. The summed E-state index contributed by atoms with van der Waals surface area (Å²) in [6, 6.07) is 7.65. The van der Waals surface area contributed by atoms with Crippen LogP contribution in [0.1, 0.15) is 38.7 Å². The zero-order valence-corrected chi connectivity index (χ0v) is 24.3. The number of likely N-dealkylation sites (tertiary alicyclic amines) is 1. The lowest BCUT2D eigenvalue weighted by Gasteiger charge is -2.63. The molecule has 1 N–H and O–H groups in total. The second-order valence-electron chi connectivity index (χ2n) is 12.6. The summed E-state index contributed by atoms with van der Waals surface area (Å²) in [6.45, 7) is 5.35. The first-order chi connectivity index (χ1) is 18.4. The van der Waals surface area contributed by atoms with Crippen molar-refractivity contribution in [3.8, 4) is 0 Å². The number of aliphatic hydroxyl groups excluding tert-OH is 1. The van der Waals surface area contributed by atoms with E-state index in [1.165, 1.54) is 18.2 Å². The van der Waals surface area contributed by atoms with Crippen molar-refractivity contribution in [1.29, 1.82) is 0 Å². The van der Waals surface area contributed by atoms with Gasteiger partial charge in [0.25, 0.3) is 0 Å². The second-order valence-corrected chi connectivity index (χ2v) is 14.6. The molecule has 4 aliphatic carbocycles. The average molecular weight is 597 g/mol. The lowest BCUT2D eigenvalue weighted by molar-refractivity contribution is -0.210. The van der Waals surface area contributed by atoms with Gasteiger partial charge in [-0.15, -0.1) is 11.6 Å². The summed E-state index contributed by atoms with van der Waals surface area (Å²) in [6.07, 6.45) is 1.60. The Hall–Kier alpha value is -1.25. The predicted molar refractivity (Wildman–Crippen MR) is 150 cm³/mol. The normalized spacial score (nSPS) is 44.8. The fourth-order valence-corrected chi connectivity index (χ4v) is 10.7. The third-order valence-electron chi connectivity index (χ3n) is 11.1. The van der Waals surface area contributed by atoms with Crippen molar-refractivity contribution < 1.29 is 23.5 Å². The standard InChI is InChI=1S/C30H33Cl2F2NO3S/c1-27-7-6-20(36)10-23(27)24(33)11-22-21-9-18-14-35(13-17-4-3-5-19(32)8-17)15-29(18,26(38)39-16-31)28(21,2)12-25(37)30(22,27)34/h3-8,10,18,21-22,24-25,37H,9,11-16H2,1-2H3/t18-,21?,22-,24-,25-,27-,28-,29+,30-/m0/s1. The van der Waals surface area contributed by atoms with Gasteiger partial charge in [0.2, 0.25) is 0 Å². The van der Waals surface area contributed by atoms with Gasteiger partial charge in [-0.2, -0.15) is 0 Å². The molecule has 0 amide bonds. The van der Waals surface area contributed by atoms with Gasteiger partial charge in [-0.3, -0.25) is 14.5 Å². The van der Waals surface area contributed by atoms with E-state index >= 15 is 8.78 Å². The van der Waals surface area contributed by atoms with Crippen LogP contribution in [-0.4, -0.2) is 57.2 Å². The molecule has 0 radical (unpaired) electrons. The van der Waals surface area contributed by atoms with Crippen LogP contribution in [0.4, 0.5) is 8.78 Å². The van der Waals surface area contributed by atoms with Crippen LogP contribution in [-0.2, 0) is 16.1 Å². The van der Waals surface area contributed by atoms with Crippen molar-refractivity contribution in [1.82, 2.24) is 4.90 Å². The average Bonchev–Trinajstić information content (AvgIpc) is 3.35. The topological polar surface area (TPSA) is 57.6 Å². The smallest absolute Gasteiger partial charge is 0.198 e. The van der Waals surface area contributed by atoms with Crippen LogP contribution in [0.3, 0.4) is 0 Å². The summed E-state index contributed by atoms with van der Waals surface area (Å²) in [4.78, 5) is 28.4. The van der Waals surface area contributed by atoms with Crippen molar-refractivity contribution in [2.24, 2.45) is 34.0 Å². The number of nitrogens with zero attached hydrogens (tertiary/aromatic N) is 1. The minimum Gasteiger partial charge on any atom is -0.390 e. The number of halogens is 4. The van der Waals surface area contributed by atoms with Crippen LogP contribution < -0.4 is 0 Å². The molecule has 4 fully saturated rings. The highest BCUT2D eigenvalue weighted by Crippen LogP contribution is 2.75. The Morgan fingerprint density at radius 3 is 2.74 bits per heavy atom. The Labute approximate surface area is 242 Å². The Morgan fingerprint density at radius 1 is 1.26 bits per heavy atom. The van der Waals surface area contributed by atoms with Crippen LogP contribution >= 0.6 is 35.0 Å². The van der Waals surface area contributed by atoms with E-state index in [2.05, 4.69) is 4.90 Å². The zero-order chi connectivity index (χ0) is 28.0. The highest BCUT2D eigenvalue weighted by molar-refractivity contribution is 8.14. The monoisotopic (exact) mass is 595 g/mol. The maximum absolute atomic E-state index is 17.5. The quantitative estimate of drug-likeness (QED) is 0.423. The number of carbonyl (C=O) groups is 2. The van der Waals surface area contributed by atoms with E-state index < -0.39 is 40.1 Å². The minimum atomic E-state index is -2.15. The highest BCUT2D eigenvalue weighted by Gasteiger charge is 2.78. The number of thioether (sulfide) groups is 1. The molecule has 1 aromatic rings. The molecule has 210 valence electrons. The van der Waals surface area contributed by atoms with Gasteiger partial charge in [0, 0.05) is 36.0 Å². The summed E-state index contributed by atoms with van der Waals surface area (Å²) in [5.41, 5.74) is -4.01. The molecule has 1 saturated heterocycles. The minimum absolute atomic E-state index is 0.0257. The predicted octanol–water partition coefficient (Wildman–Crippen LogP) is 6.14. The van der Waals surface area contributed by atoms with Crippen molar-refractivity contribution in [3.63, 3.8) is 0 Å². The van der Waals surface area contributed by atoms with E-state index in [1.807, 2.05) is 31.2 Å². The molecular weight excluding hydrogens is 563 g/mol. The molecule has 1 unspecified atom stereocenters. The van der Waals surface area contributed by atoms with Crippen molar-refractivity contribution in [3.05, 3.63) is 58.7 Å². The number of hydrogen-bond donors (Lipinski definition) is 1. The van der Waals surface area contributed by atoms with E-state index in [-0.39, 0.29) is 46.4 Å². The third-order valence-corrected chi connectivity index (χ3v) is 12.4. The molecule has 4 nitrogen and oxygen atoms in total. The first-order valence-corrected chi connectivity index (χ1v) is 15.5. The van der Waals surface area contributed by atoms with E-state index in [0.717, 1.165) is 17.3 Å². The molecule has 3 saturated carbocycles. The lowest BCUT2D eigenvalue weighted by atomic mass is 9.43. The van der Waals surface area contributed by atoms with E-state index in [4.69, 9.17) is 23.2 Å². The molecule has 0 spiro atoms. The van der Waals surface area contributed by atoms with Gasteiger partial charge >= 0.3 is 0 Å². The first-order valence-electron chi connectivity index (χ1n) is 13.6. The molecule has 9 atom stereocenters. The molecule has 0 bridgehead atoms. The number of fused-ring (bicyclic) bond motifs is 7. The van der Waals surface area contributed by atoms with Crippen LogP contribution in [0, 0.1) is 34.0 Å². The Morgan fingerprint density at radius 2 is 2.03 bits per heavy atom. The Balaban J connectivity index is 1.40.